The van der Waals surface area contributed by atoms with Gasteiger partial charge in [-0.25, -0.2) is 4.39 Å². The summed E-state index contributed by atoms with van der Waals surface area (Å²) in [5, 5.41) is 0. The monoisotopic (exact) mass is 306 g/mol. The van der Waals surface area contributed by atoms with Crippen LogP contribution in [0.3, 0.4) is 0 Å². The molecule has 0 amide bonds. The van der Waals surface area contributed by atoms with Crippen LogP contribution in [0.2, 0.25) is 0 Å². The van der Waals surface area contributed by atoms with Crippen LogP contribution < -0.4 is 0 Å². The molecule has 0 aromatic heterocycles. The van der Waals surface area contributed by atoms with Gasteiger partial charge in [0.1, 0.15) is 5.82 Å². The smallest absolute Gasteiger partial charge is 0.193 e. The standard InChI is InChI=1S/C15H12BrFO/c1-9-3-5-12(17)8-14(9)15(18)13-6-4-11(16)7-10(13)2/h3-8H,1-2H3. The fourth-order valence-electron chi connectivity index (χ4n) is 1.87. The molecule has 18 heavy (non-hydrogen) atoms. The number of carbonyl (C=O) groups excluding carboxylic acids is 1. The lowest BCUT2D eigenvalue weighted by atomic mass is 9.96. The SMILES string of the molecule is Cc1cc(Br)ccc1C(=O)c1cc(F)ccc1C. The van der Waals surface area contributed by atoms with Gasteiger partial charge in [-0.1, -0.05) is 22.0 Å². The predicted octanol–water partition coefficient (Wildman–Crippen LogP) is 4.44. The molecule has 92 valence electrons. The molecule has 0 aliphatic heterocycles. The average molecular weight is 307 g/mol. The Kier molecular flexibility index (Phi) is 3.62. The first-order valence-electron chi connectivity index (χ1n) is 5.56. The fraction of sp³-hybridized carbons (Fsp3) is 0.133. The summed E-state index contributed by atoms with van der Waals surface area (Å²) in [6.07, 6.45) is 0. The lowest BCUT2D eigenvalue weighted by Gasteiger charge is -2.08. The summed E-state index contributed by atoms with van der Waals surface area (Å²) in [4.78, 5) is 12.4. The van der Waals surface area contributed by atoms with Crippen LogP contribution in [-0.2, 0) is 0 Å². The van der Waals surface area contributed by atoms with Crippen molar-refractivity contribution in [3.63, 3.8) is 0 Å². The van der Waals surface area contributed by atoms with Crippen LogP contribution in [0.5, 0.6) is 0 Å². The Bertz CT molecular complexity index is 620. The van der Waals surface area contributed by atoms with Crippen molar-refractivity contribution in [1.82, 2.24) is 0 Å². The number of hydrogen-bond acceptors (Lipinski definition) is 1. The third-order valence-electron chi connectivity index (χ3n) is 2.88. The highest BCUT2D eigenvalue weighted by Gasteiger charge is 2.14. The molecule has 0 saturated heterocycles. The maximum atomic E-state index is 13.2. The predicted molar refractivity (Wildman–Crippen MR) is 73.4 cm³/mol. The first kappa shape index (κ1) is 13.0. The molecular formula is C15H12BrFO. The molecule has 2 aromatic carbocycles. The van der Waals surface area contributed by atoms with Crippen LogP contribution in [0.4, 0.5) is 4.39 Å². The summed E-state index contributed by atoms with van der Waals surface area (Å²) in [6, 6.07) is 9.72. The van der Waals surface area contributed by atoms with E-state index in [2.05, 4.69) is 15.9 Å². The molecule has 0 aliphatic carbocycles. The van der Waals surface area contributed by atoms with Crippen molar-refractivity contribution in [3.05, 3.63) is 68.9 Å². The molecule has 0 fully saturated rings. The lowest BCUT2D eigenvalue weighted by Crippen LogP contribution is -2.06. The van der Waals surface area contributed by atoms with Gasteiger partial charge in [-0.15, -0.1) is 0 Å². The van der Waals surface area contributed by atoms with E-state index in [1.165, 1.54) is 12.1 Å². The Morgan fingerprint density at radius 2 is 1.72 bits per heavy atom. The van der Waals surface area contributed by atoms with E-state index < -0.39 is 5.82 Å². The minimum absolute atomic E-state index is 0.142. The minimum atomic E-state index is -0.390. The van der Waals surface area contributed by atoms with Gasteiger partial charge < -0.3 is 0 Å². The van der Waals surface area contributed by atoms with Gasteiger partial charge in [0.2, 0.25) is 0 Å². The molecule has 2 aromatic rings. The molecular weight excluding hydrogens is 295 g/mol. The first-order valence-corrected chi connectivity index (χ1v) is 6.35. The van der Waals surface area contributed by atoms with Gasteiger partial charge >= 0.3 is 0 Å². The maximum absolute atomic E-state index is 13.2. The van der Waals surface area contributed by atoms with E-state index in [1.54, 1.807) is 19.1 Å². The highest BCUT2D eigenvalue weighted by atomic mass is 79.9. The summed E-state index contributed by atoms with van der Waals surface area (Å²) >= 11 is 3.36. The number of benzene rings is 2. The van der Waals surface area contributed by atoms with E-state index in [1.807, 2.05) is 19.1 Å². The number of rotatable bonds is 2. The molecule has 0 saturated carbocycles. The lowest BCUT2D eigenvalue weighted by molar-refractivity contribution is 0.103. The summed E-state index contributed by atoms with van der Waals surface area (Å²) in [7, 11) is 0. The van der Waals surface area contributed by atoms with Gasteiger partial charge in [0.25, 0.3) is 0 Å². The Labute approximate surface area is 114 Å². The van der Waals surface area contributed by atoms with E-state index in [4.69, 9.17) is 0 Å². The van der Waals surface area contributed by atoms with Crippen LogP contribution >= 0.6 is 15.9 Å². The Hall–Kier alpha value is -1.48. The van der Waals surface area contributed by atoms with Gasteiger partial charge in [0.05, 0.1) is 0 Å². The van der Waals surface area contributed by atoms with Crippen LogP contribution in [0.1, 0.15) is 27.0 Å². The minimum Gasteiger partial charge on any atom is -0.289 e. The zero-order chi connectivity index (χ0) is 13.3. The largest absolute Gasteiger partial charge is 0.289 e. The van der Waals surface area contributed by atoms with E-state index in [0.29, 0.717) is 11.1 Å². The molecule has 0 N–H and O–H groups in total. The van der Waals surface area contributed by atoms with Crippen LogP contribution in [0.25, 0.3) is 0 Å². The number of halogens is 2. The Morgan fingerprint density at radius 3 is 2.39 bits per heavy atom. The third kappa shape index (κ3) is 2.51. The summed E-state index contributed by atoms with van der Waals surface area (Å²) in [6.45, 7) is 3.67. The van der Waals surface area contributed by atoms with Gasteiger partial charge in [0.15, 0.2) is 5.78 Å². The van der Waals surface area contributed by atoms with Gasteiger partial charge in [0, 0.05) is 15.6 Å². The molecule has 0 radical (unpaired) electrons. The van der Waals surface area contributed by atoms with Crippen molar-refractivity contribution in [1.29, 1.82) is 0 Å². The van der Waals surface area contributed by atoms with Crippen molar-refractivity contribution >= 4 is 21.7 Å². The second kappa shape index (κ2) is 5.02. The zero-order valence-corrected chi connectivity index (χ0v) is 11.7. The van der Waals surface area contributed by atoms with E-state index in [-0.39, 0.29) is 5.78 Å². The van der Waals surface area contributed by atoms with Crippen molar-refractivity contribution in [3.8, 4) is 0 Å². The first-order chi connectivity index (χ1) is 8.49. The molecule has 0 heterocycles. The molecule has 1 nitrogen and oxygen atoms in total. The Morgan fingerprint density at radius 1 is 1.00 bits per heavy atom. The van der Waals surface area contributed by atoms with Crippen molar-refractivity contribution in [2.45, 2.75) is 13.8 Å². The maximum Gasteiger partial charge on any atom is 0.193 e. The number of hydrogen-bond donors (Lipinski definition) is 0. The number of carbonyl (C=O) groups is 1. The van der Waals surface area contributed by atoms with E-state index in [9.17, 15) is 9.18 Å². The van der Waals surface area contributed by atoms with Crippen LogP contribution in [0.15, 0.2) is 40.9 Å². The molecule has 0 unspecified atom stereocenters. The zero-order valence-electron chi connectivity index (χ0n) is 10.1. The summed E-state index contributed by atoms with van der Waals surface area (Å²) < 4.78 is 14.2. The number of aryl methyl sites for hydroxylation is 2. The Balaban J connectivity index is 2.51. The second-order valence-electron chi connectivity index (χ2n) is 4.25. The third-order valence-corrected chi connectivity index (χ3v) is 3.37. The van der Waals surface area contributed by atoms with Gasteiger partial charge in [-0.2, -0.15) is 0 Å². The quantitative estimate of drug-likeness (QED) is 0.750. The van der Waals surface area contributed by atoms with Crippen LogP contribution in [0, 0.1) is 19.7 Å². The van der Waals surface area contributed by atoms with Crippen molar-refractivity contribution < 1.29 is 9.18 Å². The molecule has 0 atom stereocenters. The summed E-state index contributed by atoms with van der Waals surface area (Å²) in [5.41, 5.74) is 2.68. The molecule has 0 aliphatic rings. The topological polar surface area (TPSA) is 17.1 Å². The number of ketones is 1. The van der Waals surface area contributed by atoms with E-state index >= 15 is 0 Å². The summed E-state index contributed by atoms with van der Waals surface area (Å²) in [5.74, 6) is -0.532. The molecule has 3 heteroatoms. The normalized spacial score (nSPS) is 10.4. The fourth-order valence-corrected chi connectivity index (χ4v) is 2.34. The molecule has 0 bridgehead atoms. The van der Waals surface area contributed by atoms with Crippen molar-refractivity contribution in [2.24, 2.45) is 0 Å². The molecule has 2 rings (SSSR count). The van der Waals surface area contributed by atoms with Gasteiger partial charge in [-0.05, 0) is 55.3 Å². The van der Waals surface area contributed by atoms with Crippen molar-refractivity contribution in [2.75, 3.05) is 0 Å². The van der Waals surface area contributed by atoms with Gasteiger partial charge in [-0.3, -0.25) is 4.79 Å². The average Bonchev–Trinajstić information content (AvgIpc) is 2.31. The second-order valence-corrected chi connectivity index (χ2v) is 5.16. The van der Waals surface area contributed by atoms with Crippen LogP contribution in [-0.4, -0.2) is 5.78 Å². The highest BCUT2D eigenvalue weighted by Crippen LogP contribution is 2.21. The highest BCUT2D eigenvalue weighted by molar-refractivity contribution is 9.10. The van der Waals surface area contributed by atoms with E-state index in [0.717, 1.165) is 15.6 Å². The molecule has 0 spiro atoms.